The van der Waals surface area contributed by atoms with Crippen molar-refractivity contribution in [3.63, 3.8) is 0 Å². The van der Waals surface area contributed by atoms with Crippen molar-refractivity contribution in [2.45, 2.75) is 25.7 Å². The summed E-state index contributed by atoms with van der Waals surface area (Å²) >= 11 is 0. The van der Waals surface area contributed by atoms with Gasteiger partial charge in [0.25, 0.3) is 0 Å². The Labute approximate surface area is 81.5 Å². The van der Waals surface area contributed by atoms with Crippen LogP contribution in [0.1, 0.15) is 25.7 Å². The van der Waals surface area contributed by atoms with Gasteiger partial charge >= 0.3 is 0 Å². The maximum atomic E-state index is 5.53. The lowest BCUT2D eigenvalue weighted by Gasteiger charge is -2.31. The zero-order valence-electron chi connectivity index (χ0n) is 8.34. The van der Waals surface area contributed by atoms with Crippen molar-refractivity contribution in [1.29, 1.82) is 0 Å². The maximum absolute atomic E-state index is 5.53. The lowest BCUT2D eigenvalue weighted by atomic mass is 9.93. The zero-order chi connectivity index (χ0) is 9.52. The smallest absolute Gasteiger partial charge is 0.0214 e. The summed E-state index contributed by atoms with van der Waals surface area (Å²) in [6.45, 7) is 4.35. The molecule has 0 aromatic heterocycles. The normalized spacial score (nSPS) is 20.0. The molecule has 0 radical (unpaired) electrons. The molecule has 0 amide bonds. The van der Waals surface area contributed by atoms with Gasteiger partial charge in [0.05, 0.1) is 0 Å². The van der Waals surface area contributed by atoms with E-state index in [-0.39, 0.29) is 0 Å². The third-order valence-electron chi connectivity index (χ3n) is 2.85. The van der Waals surface area contributed by atoms with E-state index < -0.39 is 0 Å². The highest BCUT2D eigenvalue weighted by atomic mass is 15.1. The number of hydrogen-bond acceptors (Lipinski definition) is 2. The summed E-state index contributed by atoms with van der Waals surface area (Å²) in [5.74, 6) is 3.56. The van der Waals surface area contributed by atoms with Crippen molar-refractivity contribution in [1.82, 2.24) is 4.90 Å². The second-order valence-corrected chi connectivity index (χ2v) is 3.82. The molecule has 0 aromatic carbocycles. The Balaban J connectivity index is 2.12. The predicted octanol–water partition coefficient (Wildman–Crippen LogP) is 1.07. The van der Waals surface area contributed by atoms with Gasteiger partial charge in [0.15, 0.2) is 0 Å². The number of piperidine rings is 1. The standard InChI is InChI=1S/C11H20N2/c1-2-3-8-13-9-5-11(4-7-12)6-10-13/h1,11H,3-10,12H2. The Morgan fingerprint density at radius 1 is 1.38 bits per heavy atom. The monoisotopic (exact) mass is 180 g/mol. The molecule has 2 heteroatoms. The number of likely N-dealkylation sites (tertiary alicyclic amines) is 1. The van der Waals surface area contributed by atoms with Crippen molar-refractivity contribution >= 4 is 0 Å². The molecule has 0 aromatic rings. The van der Waals surface area contributed by atoms with Crippen molar-refractivity contribution in [3.05, 3.63) is 0 Å². The molecule has 2 nitrogen and oxygen atoms in total. The van der Waals surface area contributed by atoms with Crippen molar-refractivity contribution < 1.29 is 0 Å². The van der Waals surface area contributed by atoms with Gasteiger partial charge in [0, 0.05) is 13.0 Å². The molecule has 1 saturated heterocycles. The average molecular weight is 180 g/mol. The molecule has 13 heavy (non-hydrogen) atoms. The minimum absolute atomic E-state index is 0.842. The summed E-state index contributed by atoms with van der Waals surface area (Å²) in [6, 6.07) is 0. The van der Waals surface area contributed by atoms with Crippen molar-refractivity contribution in [2.75, 3.05) is 26.2 Å². The molecule has 2 N–H and O–H groups in total. The first-order valence-corrected chi connectivity index (χ1v) is 5.22. The van der Waals surface area contributed by atoms with Gasteiger partial charge in [-0.05, 0) is 44.8 Å². The molecule has 0 aliphatic carbocycles. The Kier molecular flexibility index (Phi) is 4.88. The van der Waals surface area contributed by atoms with E-state index >= 15 is 0 Å². The molecule has 0 bridgehead atoms. The fraction of sp³-hybridized carbons (Fsp3) is 0.818. The van der Waals surface area contributed by atoms with Gasteiger partial charge in [-0.2, -0.15) is 0 Å². The first kappa shape index (κ1) is 10.6. The number of terminal acetylenes is 1. The van der Waals surface area contributed by atoms with Crippen LogP contribution in [0.5, 0.6) is 0 Å². The quantitative estimate of drug-likeness (QED) is 0.656. The second-order valence-electron chi connectivity index (χ2n) is 3.82. The van der Waals surface area contributed by atoms with E-state index in [2.05, 4.69) is 10.8 Å². The van der Waals surface area contributed by atoms with Crippen LogP contribution in [0, 0.1) is 18.3 Å². The highest BCUT2D eigenvalue weighted by molar-refractivity contribution is 4.85. The van der Waals surface area contributed by atoms with Crippen LogP contribution in [0.4, 0.5) is 0 Å². The van der Waals surface area contributed by atoms with Gasteiger partial charge in [-0.3, -0.25) is 0 Å². The maximum Gasteiger partial charge on any atom is 0.0214 e. The molecule has 0 saturated carbocycles. The molecule has 0 atom stereocenters. The summed E-state index contributed by atoms with van der Waals surface area (Å²) < 4.78 is 0. The summed E-state index contributed by atoms with van der Waals surface area (Å²) in [6.07, 6.45) is 9.93. The van der Waals surface area contributed by atoms with Crippen LogP contribution in [0.15, 0.2) is 0 Å². The first-order chi connectivity index (χ1) is 6.36. The van der Waals surface area contributed by atoms with E-state index in [1.54, 1.807) is 0 Å². The van der Waals surface area contributed by atoms with Gasteiger partial charge < -0.3 is 10.6 Å². The Morgan fingerprint density at radius 3 is 2.62 bits per heavy atom. The fourth-order valence-electron chi connectivity index (χ4n) is 1.96. The number of nitrogens with zero attached hydrogens (tertiary/aromatic N) is 1. The average Bonchev–Trinajstić information content (AvgIpc) is 2.17. The molecule has 74 valence electrons. The first-order valence-electron chi connectivity index (χ1n) is 5.22. The topological polar surface area (TPSA) is 29.3 Å². The van der Waals surface area contributed by atoms with Gasteiger partial charge in [0.2, 0.25) is 0 Å². The lowest BCUT2D eigenvalue weighted by Crippen LogP contribution is -2.34. The van der Waals surface area contributed by atoms with E-state index in [0.29, 0.717) is 0 Å². The molecule has 1 heterocycles. The largest absolute Gasteiger partial charge is 0.330 e. The summed E-state index contributed by atoms with van der Waals surface area (Å²) in [5.41, 5.74) is 5.53. The molecular formula is C11H20N2. The van der Waals surface area contributed by atoms with E-state index in [0.717, 1.165) is 25.4 Å². The molecular weight excluding hydrogens is 160 g/mol. The van der Waals surface area contributed by atoms with Gasteiger partial charge in [-0.1, -0.05) is 0 Å². The molecule has 0 unspecified atom stereocenters. The molecule has 1 aliphatic heterocycles. The minimum Gasteiger partial charge on any atom is -0.330 e. The van der Waals surface area contributed by atoms with Gasteiger partial charge in [-0.25, -0.2) is 0 Å². The SMILES string of the molecule is C#CCCN1CCC(CCN)CC1. The minimum atomic E-state index is 0.842. The van der Waals surface area contributed by atoms with Gasteiger partial charge in [0.1, 0.15) is 0 Å². The highest BCUT2D eigenvalue weighted by Crippen LogP contribution is 2.19. The molecule has 1 fully saturated rings. The molecule has 0 spiro atoms. The van der Waals surface area contributed by atoms with Crippen LogP contribution >= 0.6 is 0 Å². The van der Waals surface area contributed by atoms with E-state index in [4.69, 9.17) is 12.2 Å². The van der Waals surface area contributed by atoms with Crippen LogP contribution in [0.3, 0.4) is 0 Å². The summed E-state index contributed by atoms with van der Waals surface area (Å²) in [5, 5.41) is 0. The third-order valence-corrected chi connectivity index (χ3v) is 2.85. The van der Waals surface area contributed by atoms with E-state index in [1.165, 1.54) is 32.4 Å². The lowest BCUT2D eigenvalue weighted by molar-refractivity contribution is 0.184. The van der Waals surface area contributed by atoms with Crippen LogP contribution in [-0.4, -0.2) is 31.1 Å². The van der Waals surface area contributed by atoms with Crippen molar-refractivity contribution in [2.24, 2.45) is 11.7 Å². The van der Waals surface area contributed by atoms with Crippen LogP contribution in [0.2, 0.25) is 0 Å². The zero-order valence-corrected chi connectivity index (χ0v) is 8.34. The number of nitrogens with two attached hydrogens (primary N) is 1. The van der Waals surface area contributed by atoms with Crippen LogP contribution < -0.4 is 5.73 Å². The number of hydrogen-bond donors (Lipinski definition) is 1. The molecule has 1 aliphatic rings. The fourth-order valence-corrected chi connectivity index (χ4v) is 1.96. The highest BCUT2D eigenvalue weighted by Gasteiger charge is 2.17. The van der Waals surface area contributed by atoms with Crippen LogP contribution in [0.25, 0.3) is 0 Å². The van der Waals surface area contributed by atoms with E-state index in [9.17, 15) is 0 Å². The van der Waals surface area contributed by atoms with E-state index in [1.807, 2.05) is 0 Å². The second kappa shape index (κ2) is 6.01. The Morgan fingerprint density at radius 2 is 2.08 bits per heavy atom. The predicted molar refractivity (Wildman–Crippen MR) is 56.3 cm³/mol. The third kappa shape index (κ3) is 3.80. The Hall–Kier alpha value is -0.520. The van der Waals surface area contributed by atoms with Gasteiger partial charge in [-0.15, -0.1) is 12.3 Å². The van der Waals surface area contributed by atoms with Crippen LogP contribution in [-0.2, 0) is 0 Å². The Bertz CT molecular complexity index is 163. The van der Waals surface area contributed by atoms with Crippen molar-refractivity contribution in [3.8, 4) is 12.3 Å². The molecule has 1 rings (SSSR count). The summed E-state index contributed by atoms with van der Waals surface area (Å²) in [7, 11) is 0. The number of rotatable bonds is 4. The summed E-state index contributed by atoms with van der Waals surface area (Å²) in [4.78, 5) is 2.47.